The molecule has 0 amide bonds. The zero-order valence-corrected chi connectivity index (χ0v) is 38.8. The molecule has 0 fully saturated rings. The van der Waals surface area contributed by atoms with Gasteiger partial charge in [-0.1, -0.05) is 128 Å². The first-order chi connectivity index (χ1) is 35.1. The maximum absolute atomic E-state index is 6.64. The van der Waals surface area contributed by atoms with E-state index in [1.807, 2.05) is 36.4 Å². The molecule has 14 rings (SSSR count). The number of fused-ring (bicyclic) bond motifs is 10. The average molecular weight is 914 g/mol. The standard InChI is InChI=1S/C64H43N5O2/c1-3-17-52-44(4-2)46-22-11-13-26-53(46)69(52)43-32-35-57-51(38-43)60-45(24-15-28-58(60)71-57)40-31-34-56-50(36-40)61-48(25-16-29-59(61)70-56)64-66-62(39-18-7-5-8-19-39)65-63(67-64)41-30-33-55-49(37-41)47-23-12-14-27-54(47)68(55)42-20-9-6-10-21-42/h3-5,7-9,11-38H,2,6,10H2,1H3/b17-3-. The van der Waals surface area contributed by atoms with Gasteiger partial charge in [0.2, 0.25) is 0 Å². The molecule has 0 saturated heterocycles. The van der Waals surface area contributed by atoms with Crippen LogP contribution < -0.4 is 0 Å². The molecule has 0 aliphatic heterocycles. The maximum Gasteiger partial charge on any atom is 0.164 e. The van der Waals surface area contributed by atoms with Crippen LogP contribution in [-0.4, -0.2) is 24.1 Å². The molecule has 5 aromatic heterocycles. The Morgan fingerprint density at radius 2 is 1.13 bits per heavy atom. The fourth-order valence-electron chi connectivity index (χ4n) is 11.0. The Morgan fingerprint density at radius 1 is 0.493 bits per heavy atom. The van der Waals surface area contributed by atoms with Gasteiger partial charge < -0.3 is 18.0 Å². The van der Waals surface area contributed by atoms with Crippen molar-refractivity contribution in [2.75, 3.05) is 0 Å². The first kappa shape index (κ1) is 40.7. The van der Waals surface area contributed by atoms with Crippen molar-refractivity contribution in [2.24, 2.45) is 0 Å². The second-order valence-electron chi connectivity index (χ2n) is 18.2. The summed E-state index contributed by atoms with van der Waals surface area (Å²) in [5.41, 5.74) is 15.8. The minimum absolute atomic E-state index is 0.567. The summed E-state index contributed by atoms with van der Waals surface area (Å²) in [5, 5.41) is 7.47. The molecule has 336 valence electrons. The lowest BCUT2D eigenvalue weighted by Crippen LogP contribution is -2.00. The molecular weight excluding hydrogens is 871 g/mol. The van der Waals surface area contributed by atoms with E-state index < -0.39 is 0 Å². The molecule has 1 aliphatic rings. The van der Waals surface area contributed by atoms with Gasteiger partial charge in [0, 0.05) is 71.3 Å². The predicted molar refractivity (Wildman–Crippen MR) is 293 cm³/mol. The molecule has 0 atom stereocenters. The zero-order chi connectivity index (χ0) is 47.2. The minimum Gasteiger partial charge on any atom is -0.456 e. The smallest absolute Gasteiger partial charge is 0.164 e. The first-order valence-electron chi connectivity index (χ1n) is 24.1. The summed E-state index contributed by atoms with van der Waals surface area (Å²) in [4.78, 5) is 15.7. The van der Waals surface area contributed by atoms with Crippen molar-refractivity contribution < 1.29 is 8.83 Å². The van der Waals surface area contributed by atoms with Gasteiger partial charge >= 0.3 is 0 Å². The van der Waals surface area contributed by atoms with Gasteiger partial charge in [0.1, 0.15) is 22.3 Å². The second kappa shape index (κ2) is 16.1. The van der Waals surface area contributed by atoms with Crippen LogP contribution in [-0.2, 0) is 0 Å². The molecule has 0 N–H and O–H groups in total. The van der Waals surface area contributed by atoms with E-state index in [4.69, 9.17) is 23.8 Å². The van der Waals surface area contributed by atoms with Gasteiger partial charge in [-0.3, -0.25) is 0 Å². The van der Waals surface area contributed by atoms with Crippen LogP contribution in [0.4, 0.5) is 0 Å². The first-order valence-corrected chi connectivity index (χ1v) is 24.1. The van der Waals surface area contributed by atoms with E-state index in [1.54, 1.807) is 0 Å². The van der Waals surface area contributed by atoms with E-state index in [9.17, 15) is 0 Å². The van der Waals surface area contributed by atoms with E-state index in [1.165, 1.54) is 16.6 Å². The van der Waals surface area contributed by atoms with Crippen molar-refractivity contribution in [3.8, 4) is 51.0 Å². The molecule has 7 heteroatoms. The lowest BCUT2D eigenvalue weighted by molar-refractivity contribution is 0.669. The highest BCUT2D eigenvalue weighted by Crippen LogP contribution is 2.43. The molecule has 0 saturated carbocycles. The highest BCUT2D eigenvalue weighted by Gasteiger charge is 2.22. The fourth-order valence-corrected chi connectivity index (χ4v) is 11.0. The van der Waals surface area contributed by atoms with Gasteiger partial charge in [0.15, 0.2) is 17.5 Å². The molecular formula is C64H43N5O2. The molecule has 0 radical (unpaired) electrons. The lowest BCUT2D eigenvalue weighted by atomic mass is 9.97. The molecule has 7 nitrogen and oxygen atoms in total. The average Bonchev–Trinajstić information content (AvgIpc) is 4.18. The zero-order valence-electron chi connectivity index (χ0n) is 38.8. The van der Waals surface area contributed by atoms with Crippen molar-refractivity contribution in [1.82, 2.24) is 24.1 Å². The van der Waals surface area contributed by atoms with Crippen molar-refractivity contribution in [1.29, 1.82) is 0 Å². The van der Waals surface area contributed by atoms with Crippen LogP contribution in [0.2, 0.25) is 0 Å². The lowest BCUT2D eigenvalue weighted by Gasteiger charge is -2.12. The van der Waals surface area contributed by atoms with Crippen LogP contribution in [0.5, 0.6) is 0 Å². The van der Waals surface area contributed by atoms with Gasteiger partial charge in [-0.2, -0.15) is 0 Å². The fraction of sp³-hybridized carbons (Fsp3) is 0.0469. The number of aromatic nitrogens is 5. The monoisotopic (exact) mass is 913 g/mol. The number of rotatable bonds is 8. The molecule has 0 unspecified atom stereocenters. The van der Waals surface area contributed by atoms with Gasteiger partial charge in [-0.05, 0) is 116 Å². The molecule has 0 bridgehead atoms. The Morgan fingerprint density at radius 3 is 1.89 bits per heavy atom. The largest absolute Gasteiger partial charge is 0.456 e. The highest BCUT2D eigenvalue weighted by atomic mass is 16.3. The van der Waals surface area contributed by atoms with Gasteiger partial charge in [-0.15, -0.1) is 0 Å². The maximum atomic E-state index is 6.64. The topological polar surface area (TPSA) is 74.8 Å². The number of hydrogen-bond donors (Lipinski definition) is 0. The molecule has 5 heterocycles. The molecule has 1 aliphatic carbocycles. The number of furan rings is 2. The van der Waals surface area contributed by atoms with Crippen molar-refractivity contribution in [2.45, 2.75) is 19.8 Å². The Labute approximate surface area is 408 Å². The van der Waals surface area contributed by atoms with Crippen molar-refractivity contribution in [3.05, 3.63) is 212 Å². The Balaban J connectivity index is 0.942. The summed E-state index contributed by atoms with van der Waals surface area (Å²) < 4.78 is 17.9. The van der Waals surface area contributed by atoms with E-state index in [0.717, 1.165) is 123 Å². The molecule has 8 aromatic carbocycles. The molecule has 0 spiro atoms. The Kier molecular flexibility index (Phi) is 9.26. The number of para-hydroxylation sites is 2. The van der Waals surface area contributed by atoms with E-state index >= 15 is 0 Å². The third-order valence-electron chi connectivity index (χ3n) is 14.1. The summed E-state index contributed by atoms with van der Waals surface area (Å²) in [6.45, 7) is 6.25. The molecule has 71 heavy (non-hydrogen) atoms. The predicted octanol–water partition coefficient (Wildman–Crippen LogP) is 17.3. The Bertz CT molecular complexity index is 4440. The number of allylic oxidation sites excluding steroid dienone is 5. The van der Waals surface area contributed by atoms with Gasteiger partial charge in [0.25, 0.3) is 0 Å². The number of benzene rings is 8. The van der Waals surface area contributed by atoms with E-state index in [0.29, 0.717) is 17.5 Å². The normalized spacial score (nSPS) is 13.1. The number of nitrogens with zero attached hydrogens (tertiary/aromatic N) is 5. The third-order valence-corrected chi connectivity index (χ3v) is 14.1. The Hall–Kier alpha value is -9.33. The van der Waals surface area contributed by atoms with Crippen molar-refractivity contribution >= 4 is 94.4 Å². The SMILES string of the molecule is C=Cc1c(/C=C\C)n(-c2ccc3oc4cccc(-c5ccc6oc7cccc(-c8nc(-c9ccccc9)nc(-c9ccc%10c(c9)c9ccccc9n%10C9=CCCC=C9)n8)c7c6c5)c4c3c2)c2ccccc12. The number of hydrogen-bond acceptors (Lipinski definition) is 5. The van der Waals surface area contributed by atoms with Crippen LogP contribution >= 0.6 is 0 Å². The summed E-state index contributed by atoms with van der Waals surface area (Å²) in [5.74, 6) is 1.76. The minimum atomic E-state index is 0.567. The third kappa shape index (κ3) is 6.40. The summed E-state index contributed by atoms with van der Waals surface area (Å²) in [6.07, 6.45) is 15.1. The van der Waals surface area contributed by atoms with Crippen LogP contribution in [0.3, 0.4) is 0 Å². The van der Waals surface area contributed by atoms with Crippen LogP contribution in [0.1, 0.15) is 31.0 Å². The quantitative estimate of drug-likeness (QED) is 0.152. The summed E-state index contributed by atoms with van der Waals surface area (Å²) in [6, 6.07) is 59.3. The van der Waals surface area contributed by atoms with Gasteiger partial charge in [-0.25, -0.2) is 15.0 Å². The van der Waals surface area contributed by atoms with E-state index in [-0.39, 0.29) is 0 Å². The summed E-state index contributed by atoms with van der Waals surface area (Å²) in [7, 11) is 0. The molecule has 13 aromatic rings. The van der Waals surface area contributed by atoms with Gasteiger partial charge in [0.05, 0.1) is 22.2 Å². The van der Waals surface area contributed by atoms with Crippen LogP contribution in [0.25, 0.3) is 145 Å². The van der Waals surface area contributed by atoms with Crippen LogP contribution in [0, 0.1) is 0 Å². The van der Waals surface area contributed by atoms with E-state index in [2.05, 4.69) is 193 Å². The second-order valence-corrected chi connectivity index (χ2v) is 18.2. The van der Waals surface area contributed by atoms with Crippen molar-refractivity contribution in [3.63, 3.8) is 0 Å². The summed E-state index contributed by atoms with van der Waals surface area (Å²) >= 11 is 0. The van der Waals surface area contributed by atoms with Crippen LogP contribution in [0.15, 0.2) is 210 Å². The highest BCUT2D eigenvalue weighted by molar-refractivity contribution is 6.17.